The Bertz CT molecular complexity index is 239. The van der Waals surface area contributed by atoms with Crippen molar-refractivity contribution in [2.45, 2.75) is 26.6 Å². The van der Waals surface area contributed by atoms with E-state index in [1.54, 1.807) is 0 Å². The Balaban J connectivity index is 2.44. The molecule has 0 amide bonds. The summed E-state index contributed by atoms with van der Waals surface area (Å²) in [7, 11) is 0. The second-order valence-electron chi connectivity index (χ2n) is 2.54. The van der Waals surface area contributed by atoms with Gasteiger partial charge >= 0.3 is 0 Å². The SMILES string of the molecule is CCn1ncc2c1CNC2. The molecular formula is C7H11N3. The molecule has 2 heterocycles. The molecule has 1 aromatic heterocycles. The molecule has 0 saturated heterocycles. The Hall–Kier alpha value is -0.830. The maximum absolute atomic E-state index is 4.23. The van der Waals surface area contributed by atoms with Crippen LogP contribution in [0.15, 0.2) is 6.20 Å². The highest BCUT2D eigenvalue weighted by Gasteiger charge is 2.14. The van der Waals surface area contributed by atoms with E-state index >= 15 is 0 Å². The average molecular weight is 137 g/mol. The van der Waals surface area contributed by atoms with Crippen molar-refractivity contribution < 1.29 is 0 Å². The maximum atomic E-state index is 4.23. The monoisotopic (exact) mass is 137 g/mol. The van der Waals surface area contributed by atoms with E-state index in [1.165, 1.54) is 11.3 Å². The Morgan fingerprint density at radius 3 is 3.40 bits per heavy atom. The number of aromatic nitrogens is 2. The Morgan fingerprint density at radius 2 is 2.60 bits per heavy atom. The van der Waals surface area contributed by atoms with E-state index in [1.807, 2.05) is 6.20 Å². The number of hydrogen-bond acceptors (Lipinski definition) is 2. The van der Waals surface area contributed by atoms with Crippen LogP contribution in [0.3, 0.4) is 0 Å². The third-order valence-electron chi connectivity index (χ3n) is 1.94. The van der Waals surface area contributed by atoms with E-state index < -0.39 is 0 Å². The molecule has 1 N–H and O–H groups in total. The summed E-state index contributed by atoms with van der Waals surface area (Å²) in [5, 5.41) is 7.51. The van der Waals surface area contributed by atoms with E-state index in [0.717, 1.165) is 19.6 Å². The standard InChI is InChI=1S/C7H11N3/c1-2-10-7-5-8-3-6(7)4-9-10/h4,8H,2-3,5H2,1H3. The van der Waals surface area contributed by atoms with Gasteiger partial charge in [-0.15, -0.1) is 0 Å². The fourth-order valence-corrected chi connectivity index (χ4v) is 1.39. The lowest BCUT2D eigenvalue weighted by Crippen LogP contribution is -2.07. The van der Waals surface area contributed by atoms with Gasteiger partial charge in [0.25, 0.3) is 0 Å². The molecule has 0 atom stereocenters. The van der Waals surface area contributed by atoms with Crippen molar-refractivity contribution in [3.63, 3.8) is 0 Å². The third-order valence-corrected chi connectivity index (χ3v) is 1.94. The molecule has 0 unspecified atom stereocenters. The minimum Gasteiger partial charge on any atom is -0.307 e. The molecule has 10 heavy (non-hydrogen) atoms. The number of aryl methyl sites for hydroxylation is 1. The highest BCUT2D eigenvalue weighted by Crippen LogP contribution is 2.13. The van der Waals surface area contributed by atoms with Crippen LogP contribution in [-0.4, -0.2) is 9.78 Å². The predicted octanol–water partition coefficient (Wildman–Crippen LogP) is 0.506. The molecular weight excluding hydrogens is 126 g/mol. The van der Waals surface area contributed by atoms with Crippen LogP contribution in [0.1, 0.15) is 18.2 Å². The van der Waals surface area contributed by atoms with Crippen molar-refractivity contribution in [1.82, 2.24) is 15.1 Å². The highest BCUT2D eigenvalue weighted by atomic mass is 15.3. The second kappa shape index (κ2) is 2.09. The molecule has 3 heteroatoms. The Morgan fingerprint density at radius 1 is 1.70 bits per heavy atom. The first-order chi connectivity index (χ1) is 4.92. The first-order valence-electron chi connectivity index (χ1n) is 3.66. The summed E-state index contributed by atoms with van der Waals surface area (Å²) in [4.78, 5) is 0. The predicted molar refractivity (Wildman–Crippen MR) is 38.4 cm³/mol. The normalized spacial score (nSPS) is 15.7. The molecule has 1 aliphatic heterocycles. The van der Waals surface area contributed by atoms with E-state index in [2.05, 4.69) is 22.0 Å². The Labute approximate surface area is 60.0 Å². The van der Waals surface area contributed by atoms with Gasteiger partial charge in [0.05, 0.1) is 11.9 Å². The number of hydrogen-bond donors (Lipinski definition) is 1. The zero-order valence-electron chi connectivity index (χ0n) is 6.09. The minimum atomic E-state index is 0.983. The van der Waals surface area contributed by atoms with Crippen molar-refractivity contribution in [2.75, 3.05) is 0 Å². The zero-order valence-corrected chi connectivity index (χ0v) is 6.09. The largest absolute Gasteiger partial charge is 0.307 e. The molecule has 3 nitrogen and oxygen atoms in total. The van der Waals surface area contributed by atoms with Crippen LogP contribution in [0.25, 0.3) is 0 Å². The topological polar surface area (TPSA) is 29.9 Å². The smallest absolute Gasteiger partial charge is 0.0566 e. The van der Waals surface area contributed by atoms with Crippen molar-refractivity contribution >= 4 is 0 Å². The lowest BCUT2D eigenvalue weighted by Gasteiger charge is -1.98. The maximum Gasteiger partial charge on any atom is 0.0566 e. The van der Waals surface area contributed by atoms with Crippen LogP contribution in [0.4, 0.5) is 0 Å². The van der Waals surface area contributed by atoms with Crippen LogP contribution in [-0.2, 0) is 19.6 Å². The molecule has 0 saturated carbocycles. The van der Waals surface area contributed by atoms with Gasteiger partial charge in [0.15, 0.2) is 0 Å². The average Bonchev–Trinajstić information content (AvgIpc) is 2.44. The number of rotatable bonds is 1. The lowest BCUT2D eigenvalue weighted by atomic mass is 10.3. The highest BCUT2D eigenvalue weighted by molar-refractivity contribution is 5.21. The molecule has 0 radical (unpaired) electrons. The Kier molecular flexibility index (Phi) is 1.24. The van der Waals surface area contributed by atoms with Crippen LogP contribution >= 0.6 is 0 Å². The van der Waals surface area contributed by atoms with Gasteiger partial charge in [-0.05, 0) is 6.92 Å². The summed E-state index contributed by atoms with van der Waals surface area (Å²) in [5.74, 6) is 0. The van der Waals surface area contributed by atoms with E-state index in [-0.39, 0.29) is 0 Å². The van der Waals surface area contributed by atoms with E-state index in [9.17, 15) is 0 Å². The summed E-state index contributed by atoms with van der Waals surface area (Å²) in [6.07, 6.45) is 1.96. The van der Waals surface area contributed by atoms with Crippen molar-refractivity contribution in [2.24, 2.45) is 0 Å². The molecule has 0 spiro atoms. The zero-order chi connectivity index (χ0) is 6.97. The van der Waals surface area contributed by atoms with Gasteiger partial charge in [0.2, 0.25) is 0 Å². The first kappa shape index (κ1) is 5.92. The molecule has 0 aliphatic carbocycles. The number of fused-ring (bicyclic) bond motifs is 1. The van der Waals surface area contributed by atoms with Gasteiger partial charge < -0.3 is 5.32 Å². The fraction of sp³-hybridized carbons (Fsp3) is 0.571. The third kappa shape index (κ3) is 0.671. The van der Waals surface area contributed by atoms with Crippen LogP contribution in [0.5, 0.6) is 0 Å². The van der Waals surface area contributed by atoms with Crippen LogP contribution in [0.2, 0.25) is 0 Å². The molecule has 2 rings (SSSR count). The van der Waals surface area contributed by atoms with Crippen molar-refractivity contribution in [1.29, 1.82) is 0 Å². The van der Waals surface area contributed by atoms with Crippen LogP contribution in [0, 0.1) is 0 Å². The summed E-state index contributed by atoms with van der Waals surface area (Å²) >= 11 is 0. The summed E-state index contributed by atoms with van der Waals surface area (Å²) in [6, 6.07) is 0. The quantitative estimate of drug-likeness (QED) is 0.611. The molecule has 0 fully saturated rings. The minimum absolute atomic E-state index is 0.983. The number of nitrogens with zero attached hydrogens (tertiary/aromatic N) is 2. The van der Waals surface area contributed by atoms with Gasteiger partial charge in [-0.1, -0.05) is 0 Å². The molecule has 0 bridgehead atoms. The first-order valence-corrected chi connectivity index (χ1v) is 3.66. The molecule has 54 valence electrons. The fourth-order valence-electron chi connectivity index (χ4n) is 1.39. The van der Waals surface area contributed by atoms with Gasteiger partial charge in [-0.3, -0.25) is 4.68 Å². The van der Waals surface area contributed by atoms with Gasteiger partial charge in [-0.2, -0.15) is 5.10 Å². The summed E-state index contributed by atoms with van der Waals surface area (Å²) < 4.78 is 2.05. The lowest BCUT2D eigenvalue weighted by molar-refractivity contribution is 0.606. The van der Waals surface area contributed by atoms with E-state index in [0.29, 0.717) is 0 Å². The summed E-state index contributed by atoms with van der Waals surface area (Å²) in [5.41, 5.74) is 2.73. The second-order valence-corrected chi connectivity index (χ2v) is 2.54. The van der Waals surface area contributed by atoms with Crippen LogP contribution < -0.4 is 5.32 Å². The summed E-state index contributed by atoms with van der Waals surface area (Å²) in [6.45, 7) is 5.08. The molecule has 1 aliphatic rings. The van der Waals surface area contributed by atoms with Crippen molar-refractivity contribution in [3.05, 3.63) is 17.5 Å². The molecule has 1 aromatic rings. The van der Waals surface area contributed by atoms with Crippen molar-refractivity contribution in [3.8, 4) is 0 Å². The van der Waals surface area contributed by atoms with E-state index in [4.69, 9.17) is 0 Å². The van der Waals surface area contributed by atoms with Gasteiger partial charge in [0, 0.05) is 25.2 Å². The van der Waals surface area contributed by atoms with Gasteiger partial charge in [0.1, 0.15) is 0 Å². The molecule has 0 aromatic carbocycles. The van der Waals surface area contributed by atoms with Gasteiger partial charge in [-0.25, -0.2) is 0 Å². The number of nitrogens with one attached hydrogen (secondary N) is 1.